The van der Waals surface area contributed by atoms with Gasteiger partial charge < -0.3 is 0 Å². The topological polar surface area (TPSA) is 67.4 Å². The van der Waals surface area contributed by atoms with Gasteiger partial charge in [-0.05, 0) is 6.92 Å². The lowest BCUT2D eigenvalue weighted by Gasteiger charge is -1.98. The predicted octanol–water partition coefficient (Wildman–Crippen LogP) is -1.18. The molecule has 0 aromatic carbocycles. The molecule has 0 aliphatic carbocycles. The molecule has 0 aromatic rings. The SMILES string of the molecule is CC1=C2C(=O)NC(=O)C2ON1. The molecule has 1 fully saturated rings. The third-order valence-electron chi connectivity index (χ3n) is 1.72. The van der Waals surface area contributed by atoms with Gasteiger partial charge in [-0.15, -0.1) is 0 Å². The molecule has 2 heterocycles. The van der Waals surface area contributed by atoms with E-state index in [0.29, 0.717) is 11.3 Å². The maximum Gasteiger partial charge on any atom is 0.263 e. The summed E-state index contributed by atoms with van der Waals surface area (Å²) in [7, 11) is 0. The molecule has 5 heteroatoms. The van der Waals surface area contributed by atoms with Crippen LogP contribution < -0.4 is 10.8 Å². The van der Waals surface area contributed by atoms with Gasteiger partial charge in [-0.1, -0.05) is 0 Å². The zero-order valence-electron chi connectivity index (χ0n) is 5.80. The molecule has 1 saturated heterocycles. The lowest BCUT2D eigenvalue weighted by Crippen LogP contribution is -2.28. The van der Waals surface area contributed by atoms with Gasteiger partial charge in [-0.3, -0.25) is 25.2 Å². The lowest BCUT2D eigenvalue weighted by atomic mass is 10.1. The first-order valence-corrected chi connectivity index (χ1v) is 3.18. The molecule has 0 spiro atoms. The van der Waals surface area contributed by atoms with Crippen LogP contribution in [0, 0.1) is 0 Å². The Labute approximate surface area is 62.4 Å². The summed E-state index contributed by atoms with van der Waals surface area (Å²) in [5.74, 6) is -0.753. The van der Waals surface area contributed by atoms with Crippen molar-refractivity contribution in [2.24, 2.45) is 0 Å². The van der Waals surface area contributed by atoms with Gasteiger partial charge in [0.25, 0.3) is 11.8 Å². The molecule has 1 unspecified atom stereocenters. The van der Waals surface area contributed by atoms with Crippen LogP contribution in [0.5, 0.6) is 0 Å². The number of imide groups is 1. The van der Waals surface area contributed by atoms with E-state index in [4.69, 9.17) is 4.84 Å². The Hall–Kier alpha value is -1.36. The van der Waals surface area contributed by atoms with E-state index in [1.54, 1.807) is 6.92 Å². The first-order chi connectivity index (χ1) is 5.20. The molecular weight excluding hydrogens is 148 g/mol. The first kappa shape index (κ1) is 6.36. The Kier molecular flexibility index (Phi) is 1.05. The number of hydrogen-bond donors (Lipinski definition) is 2. The standard InChI is InChI=1S/C6H6N2O3/c1-2-3-4(11-8-2)6(10)7-5(3)9/h4,8H,1H3,(H,7,9,10). The average molecular weight is 154 g/mol. The van der Waals surface area contributed by atoms with Crippen LogP contribution in [-0.4, -0.2) is 17.9 Å². The van der Waals surface area contributed by atoms with E-state index in [1.807, 2.05) is 0 Å². The summed E-state index contributed by atoms with van der Waals surface area (Å²) in [5, 5.41) is 2.15. The Balaban J connectivity index is 2.47. The fourth-order valence-corrected chi connectivity index (χ4v) is 1.18. The van der Waals surface area contributed by atoms with E-state index < -0.39 is 12.0 Å². The molecule has 5 nitrogen and oxygen atoms in total. The van der Waals surface area contributed by atoms with Crippen LogP contribution >= 0.6 is 0 Å². The van der Waals surface area contributed by atoms with Crippen molar-refractivity contribution in [3.63, 3.8) is 0 Å². The normalized spacial score (nSPS) is 28.6. The van der Waals surface area contributed by atoms with E-state index in [1.165, 1.54) is 0 Å². The summed E-state index contributed by atoms with van der Waals surface area (Å²) in [6, 6.07) is 0. The second-order valence-electron chi connectivity index (χ2n) is 2.46. The largest absolute Gasteiger partial charge is 0.290 e. The number of hydrogen-bond acceptors (Lipinski definition) is 4. The minimum absolute atomic E-state index is 0.359. The van der Waals surface area contributed by atoms with Crippen LogP contribution in [0.25, 0.3) is 0 Å². The molecule has 2 rings (SSSR count). The number of allylic oxidation sites excluding steroid dienone is 1. The number of carbonyl (C=O) groups excluding carboxylic acids is 2. The van der Waals surface area contributed by atoms with E-state index in [9.17, 15) is 9.59 Å². The second-order valence-corrected chi connectivity index (χ2v) is 2.46. The molecule has 0 aromatic heterocycles. The third-order valence-corrected chi connectivity index (χ3v) is 1.72. The minimum atomic E-state index is -0.734. The fourth-order valence-electron chi connectivity index (χ4n) is 1.18. The molecule has 2 N–H and O–H groups in total. The van der Waals surface area contributed by atoms with Gasteiger partial charge in [0.2, 0.25) is 0 Å². The quantitative estimate of drug-likeness (QED) is 0.431. The highest BCUT2D eigenvalue weighted by molar-refractivity contribution is 6.17. The van der Waals surface area contributed by atoms with Crippen molar-refractivity contribution in [2.75, 3.05) is 0 Å². The number of hydroxylamine groups is 1. The molecule has 0 radical (unpaired) electrons. The molecule has 2 aliphatic rings. The average Bonchev–Trinajstić information content (AvgIpc) is 2.41. The Morgan fingerprint density at radius 2 is 2.18 bits per heavy atom. The zero-order chi connectivity index (χ0) is 8.01. The van der Waals surface area contributed by atoms with Gasteiger partial charge in [-0.2, -0.15) is 0 Å². The molecule has 58 valence electrons. The third kappa shape index (κ3) is 0.682. The summed E-state index contributed by atoms with van der Waals surface area (Å²) >= 11 is 0. The van der Waals surface area contributed by atoms with Gasteiger partial charge in [0.05, 0.1) is 5.57 Å². The molecule has 1 atom stereocenters. The zero-order valence-corrected chi connectivity index (χ0v) is 5.80. The van der Waals surface area contributed by atoms with E-state index in [0.717, 1.165) is 0 Å². The molecule has 2 amide bonds. The van der Waals surface area contributed by atoms with Crippen molar-refractivity contribution in [1.29, 1.82) is 0 Å². The van der Waals surface area contributed by atoms with Crippen LogP contribution in [0.1, 0.15) is 6.92 Å². The van der Waals surface area contributed by atoms with Crippen molar-refractivity contribution >= 4 is 11.8 Å². The van der Waals surface area contributed by atoms with Crippen molar-refractivity contribution < 1.29 is 14.4 Å². The van der Waals surface area contributed by atoms with Crippen LogP contribution in [0.15, 0.2) is 11.3 Å². The summed E-state index contributed by atoms with van der Waals surface area (Å²) in [6.07, 6.45) is -0.734. The summed E-state index contributed by atoms with van der Waals surface area (Å²) in [4.78, 5) is 26.7. The fraction of sp³-hybridized carbons (Fsp3) is 0.333. The highest BCUT2D eigenvalue weighted by Gasteiger charge is 2.42. The molecule has 11 heavy (non-hydrogen) atoms. The van der Waals surface area contributed by atoms with Crippen molar-refractivity contribution in [1.82, 2.24) is 10.8 Å². The van der Waals surface area contributed by atoms with Gasteiger partial charge in [-0.25, -0.2) is 0 Å². The lowest BCUT2D eigenvalue weighted by molar-refractivity contribution is -0.131. The number of amides is 2. The van der Waals surface area contributed by atoms with Gasteiger partial charge in [0.15, 0.2) is 6.10 Å². The number of rotatable bonds is 0. The highest BCUT2D eigenvalue weighted by atomic mass is 16.7. The van der Waals surface area contributed by atoms with E-state index in [2.05, 4.69) is 10.8 Å². The Morgan fingerprint density at radius 3 is 2.82 bits per heavy atom. The van der Waals surface area contributed by atoms with Crippen LogP contribution in [0.3, 0.4) is 0 Å². The highest BCUT2D eigenvalue weighted by Crippen LogP contribution is 2.21. The summed E-state index contributed by atoms with van der Waals surface area (Å²) in [5.41, 5.74) is 3.49. The smallest absolute Gasteiger partial charge is 0.263 e. The Bertz CT molecular complexity index is 282. The van der Waals surface area contributed by atoms with E-state index in [-0.39, 0.29) is 5.91 Å². The number of nitrogens with one attached hydrogen (secondary N) is 2. The number of fused-ring (bicyclic) bond motifs is 1. The van der Waals surface area contributed by atoms with Gasteiger partial charge in [0.1, 0.15) is 0 Å². The minimum Gasteiger partial charge on any atom is -0.290 e. The maximum absolute atomic E-state index is 11.0. The van der Waals surface area contributed by atoms with Crippen LogP contribution in [-0.2, 0) is 14.4 Å². The monoisotopic (exact) mass is 154 g/mol. The van der Waals surface area contributed by atoms with Crippen molar-refractivity contribution in [3.05, 3.63) is 11.3 Å². The summed E-state index contributed by atoms with van der Waals surface area (Å²) < 4.78 is 0. The molecule has 2 aliphatic heterocycles. The first-order valence-electron chi connectivity index (χ1n) is 3.18. The van der Waals surface area contributed by atoms with Crippen molar-refractivity contribution in [2.45, 2.75) is 13.0 Å². The molecule has 0 saturated carbocycles. The second kappa shape index (κ2) is 1.82. The Morgan fingerprint density at radius 1 is 1.45 bits per heavy atom. The van der Waals surface area contributed by atoms with Gasteiger partial charge >= 0.3 is 0 Å². The predicted molar refractivity (Wildman–Crippen MR) is 33.9 cm³/mol. The van der Waals surface area contributed by atoms with Crippen LogP contribution in [0.2, 0.25) is 0 Å². The molecular formula is C6H6N2O3. The van der Waals surface area contributed by atoms with E-state index >= 15 is 0 Å². The van der Waals surface area contributed by atoms with Gasteiger partial charge in [0, 0.05) is 5.70 Å². The molecule has 0 bridgehead atoms. The summed E-state index contributed by atoms with van der Waals surface area (Å²) in [6.45, 7) is 1.69. The van der Waals surface area contributed by atoms with Crippen LogP contribution in [0.4, 0.5) is 0 Å². The van der Waals surface area contributed by atoms with Crippen molar-refractivity contribution in [3.8, 4) is 0 Å². The number of carbonyl (C=O) groups is 2. The maximum atomic E-state index is 11.0.